The fraction of sp³-hybridized carbons (Fsp3) is 0.667. The lowest BCUT2D eigenvalue weighted by Gasteiger charge is -2.36. The van der Waals surface area contributed by atoms with Crippen molar-refractivity contribution < 1.29 is 14.4 Å². The molecule has 7 nitrogen and oxygen atoms in total. The molecule has 31 heavy (non-hydrogen) atoms. The molecule has 3 heterocycles. The standard InChI is InChI=1S/C24H34N4O3/c1-17-9-10-21(25-16-17)26-22(29)18-11-14-27(15-12-18)24(31)20-8-5-13-28(20)23(30)19-6-3-2-4-7-19/h9-10,16,18-20H,2-8,11-15H2,1H3,(H,25,26,29). The molecular formula is C24H34N4O3. The second-order valence-corrected chi connectivity index (χ2v) is 9.33. The number of hydrogen-bond acceptors (Lipinski definition) is 4. The lowest BCUT2D eigenvalue weighted by atomic mass is 9.88. The molecule has 3 fully saturated rings. The molecule has 3 aliphatic rings. The van der Waals surface area contributed by atoms with E-state index >= 15 is 0 Å². The maximum atomic E-state index is 13.2. The molecule has 168 valence electrons. The third kappa shape index (κ3) is 5.08. The van der Waals surface area contributed by atoms with Gasteiger partial charge in [0.15, 0.2) is 0 Å². The first-order valence-corrected chi connectivity index (χ1v) is 11.9. The van der Waals surface area contributed by atoms with Crippen LogP contribution in [0, 0.1) is 18.8 Å². The van der Waals surface area contributed by atoms with Gasteiger partial charge in [-0.25, -0.2) is 4.98 Å². The molecular weight excluding hydrogens is 392 g/mol. The largest absolute Gasteiger partial charge is 0.341 e. The number of carbonyl (C=O) groups is 3. The van der Waals surface area contributed by atoms with Crippen molar-refractivity contribution in [2.75, 3.05) is 25.0 Å². The minimum Gasteiger partial charge on any atom is -0.341 e. The third-order valence-corrected chi connectivity index (χ3v) is 7.12. The van der Waals surface area contributed by atoms with E-state index in [-0.39, 0.29) is 35.6 Å². The summed E-state index contributed by atoms with van der Waals surface area (Å²) >= 11 is 0. The highest BCUT2D eigenvalue weighted by Crippen LogP contribution is 2.30. The van der Waals surface area contributed by atoms with Gasteiger partial charge in [0.25, 0.3) is 0 Å². The topological polar surface area (TPSA) is 82.6 Å². The van der Waals surface area contributed by atoms with E-state index in [2.05, 4.69) is 10.3 Å². The lowest BCUT2D eigenvalue weighted by molar-refractivity contribution is -0.147. The summed E-state index contributed by atoms with van der Waals surface area (Å²) in [7, 11) is 0. The summed E-state index contributed by atoms with van der Waals surface area (Å²) in [5, 5.41) is 2.89. The second kappa shape index (κ2) is 9.79. The van der Waals surface area contributed by atoms with Crippen LogP contribution in [0.2, 0.25) is 0 Å². The monoisotopic (exact) mass is 426 g/mol. The minimum absolute atomic E-state index is 0.0292. The van der Waals surface area contributed by atoms with Crippen LogP contribution >= 0.6 is 0 Å². The SMILES string of the molecule is Cc1ccc(NC(=O)C2CCN(C(=O)C3CCCN3C(=O)C3CCCCC3)CC2)nc1. The van der Waals surface area contributed by atoms with Gasteiger partial charge in [0.05, 0.1) is 0 Å². The van der Waals surface area contributed by atoms with Gasteiger partial charge >= 0.3 is 0 Å². The highest BCUT2D eigenvalue weighted by molar-refractivity contribution is 5.92. The Hall–Kier alpha value is -2.44. The molecule has 1 unspecified atom stereocenters. The highest BCUT2D eigenvalue weighted by atomic mass is 16.2. The number of rotatable bonds is 4. The van der Waals surface area contributed by atoms with Gasteiger partial charge in [-0.3, -0.25) is 14.4 Å². The number of nitrogens with one attached hydrogen (secondary N) is 1. The summed E-state index contributed by atoms with van der Waals surface area (Å²) in [6.07, 6.45) is 10.1. The fourth-order valence-corrected chi connectivity index (χ4v) is 5.21. The maximum Gasteiger partial charge on any atom is 0.245 e. The molecule has 1 aromatic rings. The number of piperidine rings is 1. The van der Waals surface area contributed by atoms with Crippen molar-refractivity contribution in [3.05, 3.63) is 23.9 Å². The molecule has 1 aliphatic carbocycles. The Morgan fingerprint density at radius 2 is 1.61 bits per heavy atom. The number of aryl methyl sites for hydroxylation is 1. The van der Waals surface area contributed by atoms with Crippen LogP contribution in [0.15, 0.2) is 18.3 Å². The van der Waals surface area contributed by atoms with Gasteiger partial charge in [-0.05, 0) is 57.1 Å². The van der Waals surface area contributed by atoms with Crippen molar-refractivity contribution in [1.82, 2.24) is 14.8 Å². The molecule has 2 saturated heterocycles. The number of amides is 3. The van der Waals surface area contributed by atoms with Crippen LogP contribution in [0.25, 0.3) is 0 Å². The number of nitrogens with zero attached hydrogens (tertiary/aromatic N) is 3. The Kier molecular flexibility index (Phi) is 6.88. The molecule has 1 atom stereocenters. The van der Waals surface area contributed by atoms with Crippen LogP contribution in [-0.2, 0) is 14.4 Å². The molecule has 3 amide bonds. The molecule has 0 aromatic carbocycles. The van der Waals surface area contributed by atoms with Gasteiger partial charge in [-0.2, -0.15) is 0 Å². The maximum absolute atomic E-state index is 13.2. The van der Waals surface area contributed by atoms with Gasteiger partial charge in [-0.15, -0.1) is 0 Å². The molecule has 1 N–H and O–H groups in total. The normalized spacial score (nSPS) is 23.1. The Balaban J connectivity index is 1.29. The van der Waals surface area contributed by atoms with E-state index in [9.17, 15) is 14.4 Å². The Morgan fingerprint density at radius 3 is 2.29 bits per heavy atom. The molecule has 0 spiro atoms. The van der Waals surface area contributed by atoms with E-state index in [4.69, 9.17) is 0 Å². The minimum atomic E-state index is -0.309. The van der Waals surface area contributed by atoms with Crippen LogP contribution < -0.4 is 5.32 Å². The first-order valence-electron chi connectivity index (χ1n) is 11.9. The zero-order valence-electron chi connectivity index (χ0n) is 18.5. The summed E-state index contributed by atoms with van der Waals surface area (Å²) < 4.78 is 0. The molecule has 0 bridgehead atoms. The zero-order valence-corrected chi connectivity index (χ0v) is 18.5. The summed E-state index contributed by atoms with van der Waals surface area (Å²) in [4.78, 5) is 46.8. The Labute approximate surface area is 184 Å². The molecule has 1 aromatic heterocycles. The number of likely N-dealkylation sites (tertiary alicyclic amines) is 2. The van der Waals surface area contributed by atoms with Gasteiger partial charge in [0, 0.05) is 37.7 Å². The first kappa shape index (κ1) is 21.8. The van der Waals surface area contributed by atoms with E-state index in [0.29, 0.717) is 38.3 Å². The van der Waals surface area contributed by atoms with Crippen molar-refractivity contribution >= 4 is 23.5 Å². The van der Waals surface area contributed by atoms with E-state index in [0.717, 1.165) is 44.1 Å². The van der Waals surface area contributed by atoms with E-state index < -0.39 is 0 Å². The van der Waals surface area contributed by atoms with Gasteiger partial charge in [0.1, 0.15) is 11.9 Å². The number of aromatic nitrogens is 1. The van der Waals surface area contributed by atoms with Gasteiger partial charge < -0.3 is 15.1 Å². The van der Waals surface area contributed by atoms with Crippen molar-refractivity contribution in [1.29, 1.82) is 0 Å². The number of anilines is 1. The second-order valence-electron chi connectivity index (χ2n) is 9.33. The zero-order chi connectivity index (χ0) is 21.8. The van der Waals surface area contributed by atoms with E-state index in [1.165, 1.54) is 6.42 Å². The lowest BCUT2D eigenvalue weighted by Crippen LogP contribution is -2.51. The molecule has 0 radical (unpaired) electrons. The summed E-state index contributed by atoms with van der Waals surface area (Å²) in [5.74, 6) is 0.786. The molecule has 1 saturated carbocycles. The number of hydrogen-bond donors (Lipinski definition) is 1. The summed E-state index contributed by atoms with van der Waals surface area (Å²) in [6, 6.07) is 3.42. The highest BCUT2D eigenvalue weighted by Gasteiger charge is 2.40. The number of pyridine rings is 1. The van der Waals surface area contributed by atoms with Gasteiger partial charge in [0.2, 0.25) is 17.7 Å². The fourth-order valence-electron chi connectivity index (χ4n) is 5.21. The summed E-state index contributed by atoms with van der Waals surface area (Å²) in [6.45, 7) is 3.80. The molecule has 7 heteroatoms. The summed E-state index contributed by atoms with van der Waals surface area (Å²) in [5.41, 5.74) is 1.05. The first-order chi connectivity index (χ1) is 15.0. The van der Waals surface area contributed by atoms with Crippen molar-refractivity contribution in [3.8, 4) is 0 Å². The van der Waals surface area contributed by atoms with Crippen LogP contribution in [0.5, 0.6) is 0 Å². The molecule has 4 rings (SSSR count). The van der Waals surface area contributed by atoms with Crippen molar-refractivity contribution in [2.24, 2.45) is 11.8 Å². The van der Waals surface area contributed by atoms with E-state index in [1.807, 2.05) is 28.9 Å². The third-order valence-electron chi connectivity index (χ3n) is 7.12. The average molecular weight is 427 g/mol. The average Bonchev–Trinajstić information content (AvgIpc) is 3.30. The van der Waals surface area contributed by atoms with Crippen LogP contribution in [-0.4, -0.2) is 58.2 Å². The quantitative estimate of drug-likeness (QED) is 0.802. The predicted molar refractivity (Wildman–Crippen MR) is 118 cm³/mol. The smallest absolute Gasteiger partial charge is 0.245 e. The number of carbonyl (C=O) groups excluding carboxylic acids is 3. The van der Waals surface area contributed by atoms with Crippen LogP contribution in [0.4, 0.5) is 5.82 Å². The van der Waals surface area contributed by atoms with Crippen molar-refractivity contribution in [3.63, 3.8) is 0 Å². The van der Waals surface area contributed by atoms with Crippen molar-refractivity contribution in [2.45, 2.75) is 70.8 Å². The Bertz CT molecular complexity index is 796. The van der Waals surface area contributed by atoms with Crippen LogP contribution in [0.3, 0.4) is 0 Å². The Morgan fingerprint density at radius 1 is 0.871 bits per heavy atom. The molecule has 2 aliphatic heterocycles. The van der Waals surface area contributed by atoms with E-state index in [1.54, 1.807) is 6.20 Å². The van der Waals surface area contributed by atoms with Gasteiger partial charge in [-0.1, -0.05) is 25.3 Å². The van der Waals surface area contributed by atoms with Crippen LogP contribution in [0.1, 0.15) is 63.4 Å². The predicted octanol–water partition coefficient (Wildman–Crippen LogP) is 3.14.